The van der Waals surface area contributed by atoms with E-state index in [1.54, 1.807) is 12.1 Å². The minimum Gasteiger partial charge on any atom is -0.508 e. The molecule has 1 aliphatic heterocycles. The molecule has 3 rings (SSSR count). The van der Waals surface area contributed by atoms with Gasteiger partial charge in [0.15, 0.2) is 0 Å². The molecule has 1 aromatic rings. The van der Waals surface area contributed by atoms with E-state index in [4.69, 9.17) is 0 Å². The molecule has 2 atom stereocenters. The second-order valence-corrected chi connectivity index (χ2v) is 6.54. The molecule has 0 bridgehead atoms. The first-order valence-corrected chi connectivity index (χ1v) is 8.12. The first-order valence-electron chi connectivity index (χ1n) is 8.12. The molecule has 0 radical (unpaired) electrons. The average Bonchev–Trinajstić information content (AvgIpc) is 3.31. The second kappa shape index (κ2) is 6.67. The van der Waals surface area contributed by atoms with E-state index in [1.807, 2.05) is 0 Å². The van der Waals surface area contributed by atoms with Gasteiger partial charge in [-0.2, -0.15) is 0 Å². The van der Waals surface area contributed by atoms with E-state index >= 15 is 0 Å². The summed E-state index contributed by atoms with van der Waals surface area (Å²) in [5, 5.41) is 22.5. The van der Waals surface area contributed by atoms with E-state index in [9.17, 15) is 15.0 Å². The molecular weight excluding hydrogens is 280 g/mol. The highest BCUT2D eigenvalue weighted by Gasteiger charge is 2.30. The van der Waals surface area contributed by atoms with Crippen LogP contribution in [0.5, 0.6) is 5.75 Å². The van der Waals surface area contributed by atoms with Gasteiger partial charge in [-0.15, -0.1) is 0 Å². The molecule has 3 N–H and O–H groups in total. The summed E-state index contributed by atoms with van der Waals surface area (Å²) in [7, 11) is 0. The van der Waals surface area contributed by atoms with E-state index in [-0.39, 0.29) is 17.7 Å². The van der Waals surface area contributed by atoms with Crippen molar-refractivity contribution in [2.75, 3.05) is 19.6 Å². The van der Waals surface area contributed by atoms with Gasteiger partial charge < -0.3 is 20.4 Å². The SMILES string of the molecule is O=C(NC1CN(CC2CC2)CCCC1O)c1ccc(O)cc1. The number of aliphatic hydroxyl groups excluding tert-OH is 1. The molecule has 1 aromatic carbocycles. The van der Waals surface area contributed by atoms with E-state index < -0.39 is 6.10 Å². The summed E-state index contributed by atoms with van der Waals surface area (Å²) < 4.78 is 0. The maximum atomic E-state index is 12.3. The van der Waals surface area contributed by atoms with Crippen LogP contribution in [0.3, 0.4) is 0 Å². The minimum atomic E-state index is -0.495. The Kier molecular flexibility index (Phi) is 4.64. The molecule has 1 aliphatic carbocycles. The zero-order chi connectivity index (χ0) is 15.5. The summed E-state index contributed by atoms with van der Waals surface area (Å²) in [6.45, 7) is 2.79. The highest BCUT2D eigenvalue weighted by Crippen LogP contribution is 2.30. The van der Waals surface area contributed by atoms with E-state index in [2.05, 4.69) is 10.2 Å². The van der Waals surface area contributed by atoms with Crippen molar-refractivity contribution in [3.63, 3.8) is 0 Å². The van der Waals surface area contributed by atoms with Crippen LogP contribution in [-0.4, -0.2) is 52.8 Å². The number of carbonyl (C=O) groups excluding carboxylic acids is 1. The lowest BCUT2D eigenvalue weighted by atomic mass is 10.1. The van der Waals surface area contributed by atoms with Gasteiger partial charge in [-0.25, -0.2) is 0 Å². The monoisotopic (exact) mass is 304 g/mol. The quantitative estimate of drug-likeness (QED) is 0.785. The van der Waals surface area contributed by atoms with Gasteiger partial charge in [0.2, 0.25) is 0 Å². The fourth-order valence-electron chi connectivity index (χ4n) is 3.05. The van der Waals surface area contributed by atoms with Crippen LogP contribution in [0.1, 0.15) is 36.0 Å². The maximum Gasteiger partial charge on any atom is 0.251 e. The van der Waals surface area contributed by atoms with Crippen LogP contribution in [0.4, 0.5) is 0 Å². The van der Waals surface area contributed by atoms with Crippen LogP contribution in [0.25, 0.3) is 0 Å². The highest BCUT2D eigenvalue weighted by molar-refractivity contribution is 5.94. The smallest absolute Gasteiger partial charge is 0.251 e. The Balaban J connectivity index is 1.62. The van der Waals surface area contributed by atoms with E-state index in [1.165, 1.54) is 25.0 Å². The van der Waals surface area contributed by atoms with Crippen LogP contribution in [0, 0.1) is 5.92 Å². The number of phenolic OH excluding ortho intramolecular Hbond substituents is 1. The standard InChI is InChI=1S/C17H24N2O3/c20-14-7-5-13(6-8-14)17(22)18-15-11-19(10-12-3-4-12)9-1-2-16(15)21/h5-8,12,15-16,20-21H,1-4,9-11H2,(H,18,22). The summed E-state index contributed by atoms with van der Waals surface area (Å²) in [6.07, 6.45) is 3.82. The number of rotatable bonds is 4. The number of likely N-dealkylation sites (tertiary alicyclic amines) is 1. The zero-order valence-electron chi connectivity index (χ0n) is 12.7. The van der Waals surface area contributed by atoms with Crippen molar-refractivity contribution < 1.29 is 15.0 Å². The van der Waals surface area contributed by atoms with Crippen molar-refractivity contribution in [3.05, 3.63) is 29.8 Å². The predicted molar refractivity (Wildman–Crippen MR) is 83.8 cm³/mol. The molecule has 2 fully saturated rings. The van der Waals surface area contributed by atoms with Crippen LogP contribution in [0.15, 0.2) is 24.3 Å². The third-order valence-electron chi connectivity index (χ3n) is 4.55. The lowest BCUT2D eigenvalue weighted by molar-refractivity contribution is 0.0799. The lowest BCUT2D eigenvalue weighted by Crippen LogP contribution is -2.49. The molecule has 2 aliphatic rings. The minimum absolute atomic E-state index is 0.140. The summed E-state index contributed by atoms with van der Waals surface area (Å²) in [5.74, 6) is 0.752. The van der Waals surface area contributed by atoms with Gasteiger partial charge in [0, 0.05) is 18.7 Å². The molecule has 0 spiro atoms. The first-order chi connectivity index (χ1) is 10.6. The number of aliphatic hydroxyl groups is 1. The molecule has 22 heavy (non-hydrogen) atoms. The van der Waals surface area contributed by atoms with Gasteiger partial charge in [-0.3, -0.25) is 4.79 Å². The van der Waals surface area contributed by atoms with Crippen molar-refractivity contribution in [1.82, 2.24) is 10.2 Å². The third-order valence-corrected chi connectivity index (χ3v) is 4.55. The number of hydrogen-bond donors (Lipinski definition) is 3. The van der Waals surface area contributed by atoms with E-state index in [0.29, 0.717) is 12.1 Å². The maximum absolute atomic E-state index is 12.3. The fraction of sp³-hybridized carbons (Fsp3) is 0.588. The number of benzene rings is 1. The molecule has 1 amide bonds. The normalized spacial score (nSPS) is 26.4. The van der Waals surface area contributed by atoms with Gasteiger partial charge in [-0.05, 0) is 62.4 Å². The lowest BCUT2D eigenvalue weighted by Gasteiger charge is -2.27. The molecule has 5 nitrogen and oxygen atoms in total. The Labute approximate surface area is 130 Å². The van der Waals surface area contributed by atoms with Crippen LogP contribution >= 0.6 is 0 Å². The number of aromatic hydroxyl groups is 1. The molecule has 1 saturated heterocycles. The summed E-state index contributed by atoms with van der Waals surface area (Å²) >= 11 is 0. The van der Waals surface area contributed by atoms with Crippen LogP contribution in [0.2, 0.25) is 0 Å². The fourth-order valence-corrected chi connectivity index (χ4v) is 3.05. The summed E-state index contributed by atoms with van der Waals surface area (Å²) in [4.78, 5) is 14.7. The zero-order valence-corrected chi connectivity index (χ0v) is 12.7. The van der Waals surface area contributed by atoms with E-state index in [0.717, 1.165) is 31.8 Å². The topological polar surface area (TPSA) is 72.8 Å². The third kappa shape index (κ3) is 3.99. The van der Waals surface area contributed by atoms with Gasteiger partial charge in [0.05, 0.1) is 12.1 Å². The van der Waals surface area contributed by atoms with Crippen LogP contribution in [-0.2, 0) is 0 Å². The van der Waals surface area contributed by atoms with Gasteiger partial charge >= 0.3 is 0 Å². The van der Waals surface area contributed by atoms with Crippen molar-refractivity contribution in [3.8, 4) is 5.75 Å². The molecule has 0 aromatic heterocycles. The Morgan fingerprint density at radius 1 is 1.23 bits per heavy atom. The molecule has 5 heteroatoms. The number of hydrogen-bond acceptors (Lipinski definition) is 4. The Morgan fingerprint density at radius 3 is 2.64 bits per heavy atom. The molecule has 1 saturated carbocycles. The molecule has 2 unspecified atom stereocenters. The number of amides is 1. The van der Waals surface area contributed by atoms with Crippen molar-refractivity contribution in [1.29, 1.82) is 0 Å². The number of phenols is 1. The number of carbonyl (C=O) groups is 1. The molecular formula is C17H24N2O3. The molecule has 120 valence electrons. The van der Waals surface area contributed by atoms with Crippen molar-refractivity contribution in [2.45, 2.75) is 37.8 Å². The largest absolute Gasteiger partial charge is 0.508 e. The first kappa shape index (κ1) is 15.3. The van der Waals surface area contributed by atoms with Crippen LogP contribution < -0.4 is 5.32 Å². The number of nitrogens with zero attached hydrogens (tertiary/aromatic N) is 1. The van der Waals surface area contributed by atoms with Crippen molar-refractivity contribution >= 4 is 5.91 Å². The van der Waals surface area contributed by atoms with Gasteiger partial charge in [0.25, 0.3) is 5.91 Å². The predicted octanol–water partition coefficient (Wildman–Crippen LogP) is 1.36. The second-order valence-electron chi connectivity index (χ2n) is 6.54. The van der Waals surface area contributed by atoms with Gasteiger partial charge in [-0.1, -0.05) is 0 Å². The summed E-state index contributed by atoms with van der Waals surface area (Å²) in [6, 6.07) is 5.95. The van der Waals surface area contributed by atoms with Gasteiger partial charge in [0.1, 0.15) is 5.75 Å². The Bertz CT molecular complexity index is 513. The summed E-state index contributed by atoms with van der Waals surface area (Å²) in [5.41, 5.74) is 0.503. The molecule has 1 heterocycles. The highest BCUT2D eigenvalue weighted by atomic mass is 16.3. The number of nitrogens with one attached hydrogen (secondary N) is 1. The average molecular weight is 304 g/mol. The Morgan fingerprint density at radius 2 is 1.95 bits per heavy atom. The van der Waals surface area contributed by atoms with Crippen molar-refractivity contribution in [2.24, 2.45) is 5.92 Å². The Hall–Kier alpha value is -1.59.